The van der Waals surface area contributed by atoms with Crippen molar-refractivity contribution in [1.29, 1.82) is 0 Å². The topological polar surface area (TPSA) is 62.7 Å². The minimum Gasteiger partial charge on any atom is -0.494 e. The number of likely N-dealkylation sites (tertiary alicyclic amines) is 1. The number of aliphatic carboxylic acids is 1. The highest BCUT2D eigenvalue weighted by Gasteiger charge is 2.37. The summed E-state index contributed by atoms with van der Waals surface area (Å²) in [5.41, 5.74) is 2.96. The molecule has 1 fully saturated rings. The Morgan fingerprint density at radius 2 is 2.24 bits per heavy atom. The molecule has 0 bridgehead atoms. The lowest BCUT2D eigenvalue weighted by Crippen LogP contribution is -2.39. The van der Waals surface area contributed by atoms with E-state index in [4.69, 9.17) is 4.74 Å². The van der Waals surface area contributed by atoms with Crippen LogP contribution in [0.15, 0.2) is 42.6 Å². The van der Waals surface area contributed by atoms with E-state index in [1.165, 1.54) is 0 Å². The third kappa shape index (κ3) is 3.82. The Morgan fingerprint density at radius 3 is 2.92 bits per heavy atom. The quantitative estimate of drug-likeness (QED) is 0.873. The molecule has 3 rings (SSSR count). The number of aromatic nitrogens is 1. The molecule has 1 saturated heterocycles. The van der Waals surface area contributed by atoms with Gasteiger partial charge in [-0.25, -0.2) is 0 Å². The lowest BCUT2D eigenvalue weighted by molar-refractivity contribution is -0.142. The van der Waals surface area contributed by atoms with Crippen molar-refractivity contribution in [2.45, 2.75) is 38.8 Å². The largest absolute Gasteiger partial charge is 0.494 e. The first-order valence-corrected chi connectivity index (χ1v) is 8.74. The number of nitrogens with zero attached hydrogens (tertiary/aromatic N) is 2. The fourth-order valence-corrected chi connectivity index (χ4v) is 3.48. The summed E-state index contributed by atoms with van der Waals surface area (Å²) in [6.07, 6.45) is 3.38. The summed E-state index contributed by atoms with van der Waals surface area (Å²) >= 11 is 0. The van der Waals surface area contributed by atoms with Crippen LogP contribution in [-0.2, 0) is 4.79 Å². The van der Waals surface area contributed by atoms with Crippen LogP contribution < -0.4 is 4.74 Å². The van der Waals surface area contributed by atoms with Gasteiger partial charge in [0.25, 0.3) is 0 Å². The second-order valence-corrected chi connectivity index (χ2v) is 6.40. The van der Waals surface area contributed by atoms with Crippen LogP contribution in [0.4, 0.5) is 0 Å². The minimum atomic E-state index is -0.768. The molecule has 0 amide bonds. The van der Waals surface area contributed by atoms with Gasteiger partial charge < -0.3 is 9.84 Å². The molecule has 0 saturated carbocycles. The maximum absolute atomic E-state index is 11.7. The van der Waals surface area contributed by atoms with Crippen LogP contribution in [0, 0.1) is 6.92 Å². The van der Waals surface area contributed by atoms with Gasteiger partial charge in [0.15, 0.2) is 0 Å². The van der Waals surface area contributed by atoms with Crippen LogP contribution in [-0.4, -0.2) is 40.2 Å². The van der Waals surface area contributed by atoms with Crippen LogP contribution in [0.5, 0.6) is 5.75 Å². The van der Waals surface area contributed by atoms with Crippen LogP contribution in [0.2, 0.25) is 0 Å². The van der Waals surface area contributed by atoms with Crippen LogP contribution >= 0.6 is 0 Å². The molecule has 5 nitrogen and oxygen atoms in total. The second-order valence-electron chi connectivity index (χ2n) is 6.40. The molecule has 0 spiro atoms. The number of hydrogen-bond donors (Lipinski definition) is 1. The van der Waals surface area contributed by atoms with E-state index >= 15 is 0 Å². The van der Waals surface area contributed by atoms with Gasteiger partial charge in [-0.2, -0.15) is 0 Å². The van der Waals surface area contributed by atoms with Crippen molar-refractivity contribution < 1.29 is 14.6 Å². The zero-order chi connectivity index (χ0) is 17.8. The van der Waals surface area contributed by atoms with Gasteiger partial charge in [-0.05, 0) is 56.0 Å². The summed E-state index contributed by atoms with van der Waals surface area (Å²) in [5, 5.41) is 9.62. The lowest BCUT2D eigenvalue weighted by atomic mass is 9.99. The summed E-state index contributed by atoms with van der Waals surface area (Å²) < 4.78 is 5.63. The molecule has 1 aromatic heterocycles. The van der Waals surface area contributed by atoms with Crippen LogP contribution in [0.3, 0.4) is 0 Å². The van der Waals surface area contributed by atoms with E-state index in [1.54, 1.807) is 0 Å². The van der Waals surface area contributed by atoms with Crippen molar-refractivity contribution in [2.75, 3.05) is 13.2 Å². The Labute approximate surface area is 148 Å². The first-order chi connectivity index (χ1) is 12.1. The zero-order valence-electron chi connectivity index (χ0n) is 14.7. The molecule has 0 radical (unpaired) electrons. The molecule has 25 heavy (non-hydrogen) atoms. The predicted molar refractivity (Wildman–Crippen MR) is 95.8 cm³/mol. The van der Waals surface area contributed by atoms with E-state index in [2.05, 4.69) is 4.98 Å². The van der Waals surface area contributed by atoms with E-state index in [0.717, 1.165) is 35.5 Å². The molecule has 2 aromatic rings. The maximum atomic E-state index is 11.7. The molecule has 2 atom stereocenters. The van der Waals surface area contributed by atoms with Gasteiger partial charge >= 0.3 is 5.97 Å². The lowest BCUT2D eigenvalue weighted by Gasteiger charge is -2.31. The summed E-state index contributed by atoms with van der Waals surface area (Å²) in [5.74, 6) is 0.0266. The van der Waals surface area contributed by atoms with Crippen molar-refractivity contribution in [3.8, 4) is 5.75 Å². The molecule has 1 N–H and O–H groups in total. The Kier molecular flexibility index (Phi) is 5.34. The summed E-state index contributed by atoms with van der Waals surface area (Å²) in [6.45, 7) is 5.29. The molecule has 132 valence electrons. The monoisotopic (exact) mass is 340 g/mol. The molecular formula is C20H24N2O3. The van der Waals surface area contributed by atoms with Gasteiger partial charge in [0, 0.05) is 12.7 Å². The fourth-order valence-electron chi connectivity index (χ4n) is 3.48. The highest BCUT2D eigenvalue weighted by molar-refractivity contribution is 5.74. The van der Waals surface area contributed by atoms with E-state index < -0.39 is 12.0 Å². The van der Waals surface area contributed by atoms with Crippen molar-refractivity contribution in [3.63, 3.8) is 0 Å². The number of pyridine rings is 1. The van der Waals surface area contributed by atoms with Crippen molar-refractivity contribution in [1.82, 2.24) is 9.88 Å². The number of ether oxygens (including phenoxy) is 1. The summed E-state index contributed by atoms with van der Waals surface area (Å²) in [4.78, 5) is 18.4. The van der Waals surface area contributed by atoms with E-state index in [0.29, 0.717) is 13.0 Å². The first kappa shape index (κ1) is 17.4. The third-order valence-corrected chi connectivity index (χ3v) is 4.61. The van der Waals surface area contributed by atoms with E-state index in [1.807, 2.05) is 61.3 Å². The highest BCUT2D eigenvalue weighted by Crippen LogP contribution is 2.35. The summed E-state index contributed by atoms with van der Waals surface area (Å²) in [6, 6.07) is 11.2. The Hall–Kier alpha value is -2.40. The van der Waals surface area contributed by atoms with Crippen molar-refractivity contribution in [2.24, 2.45) is 0 Å². The van der Waals surface area contributed by atoms with Crippen molar-refractivity contribution >= 4 is 5.97 Å². The van der Waals surface area contributed by atoms with Crippen LogP contribution in [0.1, 0.15) is 42.6 Å². The van der Waals surface area contributed by atoms with Gasteiger partial charge in [0.2, 0.25) is 0 Å². The van der Waals surface area contributed by atoms with Crippen molar-refractivity contribution in [3.05, 3.63) is 59.4 Å². The van der Waals surface area contributed by atoms with E-state index in [9.17, 15) is 9.90 Å². The Balaban J connectivity index is 2.04. The van der Waals surface area contributed by atoms with Gasteiger partial charge in [-0.15, -0.1) is 0 Å². The summed E-state index contributed by atoms with van der Waals surface area (Å²) in [7, 11) is 0. The maximum Gasteiger partial charge on any atom is 0.320 e. The number of aryl methyl sites for hydroxylation is 1. The predicted octanol–water partition coefficient (Wildman–Crippen LogP) is 3.43. The molecule has 2 heterocycles. The molecule has 2 unspecified atom stereocenters. The SMILES string of the molecule is CCOc1cccc(C(c2ccc(C)cn2)N2CCCC2C(=O)O)c1. The van der Waals surface area contributed by atoms with Gasteiger partial charge in [-0.3, -0.25) is 14.7 Å². The average Bonchev–Trinajstić information content (AvgIpc) is 3.07. The standard InChI is InChI=1S/C20H24N2O3/c1-3-25-16-7-4-6-15(12-16)19(17-10-9-14(2)13-21-17)22-11-5-8-18(22)20(23)24/h4,6-7,9-10,12-13,18-19H,3,5,8,11H2,1-2H3,(H,23,24). The number of carbonyl (C=O) groups is 1. The number of carboxylic acids is 1. The van der Waals surface area contributed by atoms with Gasteiger partial charge in [0.1, 0.15) is 11.8 Å². The van der Waals surface area contributed by atoms with E-state index in [-0.39, 0.29) is 6.04 Å². The number of hydrogen-bond acceptors (Lipinski definition) is 4. The molecular weight excluding hydrogens is 316 g/mol. The Bertz CT molecular complexity index is 730. The normalized spacial score (nSPS) is 18.9. The molecule has 1 aromatic carbocycles. The van der Waals surface area contributed by atoms with Crippen LogP contribution in [0.25, 0.3) is 0 Å². The number of rotatable bonds is 6. The van der Waals surface area contributed by atoms with Gasteiger partial charge in [0.05, 0.1) is 18.3 Å². The first-order valence-electron chi connectivity index (χ1n) is 8.74. The number of carboxylic acid groups (broad SMARTS) is 1. The molecule has 5 heteroatoms. The second kappa shape index (κ2) is 7.66. The minimum absolute atomic E-state index is 0.190. The zero-order valence-corrected chi connectivity index (χ0v) is 14.7. The highest BCUT2D eigenvalue weighted by atomic mass is 16.5. The smallest absolute Gasteiger partial charge is 0.320 e. The Morgan fingerprint density at radius 1 is 1.40 bits per heavy atom. The van der Waals surface area contributed by atoms with Gasteiger partial charge in [-0.1, -0.05) is 18.2 Å². The molecule has 0 aliphatic carbocycles. The molecule has 1 aliphatic rings. The number of benzene rings is 1. The average molecular weight is 340 g/mol. The fraction of sp³-hybridized carbons (Fsp3) is 0.400. The molecule has 1 aliphatic heterocycles. The third-order valence-electron chi connectivity index (χ3n) is 4.61.